The van der Waals surface area contributed by atoms with Gasteiger partial charge in [-0.15, -0.1) is 11.8 Å². The Morgan fingerprint density at radius 3 is 2.38 bits per heavy atom. The average Bonchev–Trinajstić information content (AvgIpc) is 2.52. The van der Waals surface area contributed by atoms with Crippen LogP contribution in [0.15, 0.2) is 53.4 Å². The first-order valence-corrected chi connectivity index (χ1v) is 7.78. The number of rotatable bonds is 7. The van der Waals surface area contributed by atoms with Crippen LogP contribution in [0.3, 0.4) is 0 Å². The van der Waals surface area contributed by atoms with Crippen LogP contribution in [-0.2, 0) is 11.3 Å². The van der Waals surface area contributed by atoms with E-state index in [1.807, 2.05) is 24.3 Å². The van der Waals surface area contributed by atoms with Crippen LogP contribution in [0.2, 0.25) is 0 Å². The van der Waals surface area contributed by atoms with Crippen LogP contribution in [0.25, 0.3) is 0 Å². The van der Waals surface area contributed by atoms with Crippen molar-refractivity contribution < 1.29 is 9.53 Å². The van der Waals surface area contributed by atoms with E-state index in [2.05, 4.69) is 35.8 Å². The summed E-state index contributed by atoms with van der Waals surface area (Å²) in [6, 6.07) is 15.9. The van der Waals surface area contributed by atoms with Crippen LogP contribution < -0.4 is 15.8 Å². The van der Waals surface area contributed by atoms with Gasteiger partial charge in [0.1, 0.15) is 5.75 Å². The Kier molecular flexibility index (Phi) is 5.51. The summed E-state index contributed by atoms with van der Waals surface area (Å²) >= 11 is 1.73. The lowest BCUT2D eigenvalue weighted by molar-refractivity contribution is -0.119. The summed E-state index contributed by atoms with van der Waals surface area (Å²) in [5.74, 6) is 0.148. The van der Waals surface area contributed by atoms with Crippen molar-refractivity contribution in [3.8, 4) is 5.75 Å². The molecular weight excluding hydrogens is 284 g/mol. The highest BCUT2D eigenvalue weighted by atomic mass is 32.2. The predicted molar refractivity (Wildman–Crippen MR) is 86.7 cm³/mol. The molecule has 0 radical (unpaired) electrons. The number of thioether (sulfide) groups is 1. The second-order valence-electron chi connectivity index (χ2n) is 4.48. The van der Waals surface area contributed by atoms with Crippen molar-refractivity contribution in [2.75, 3.05) is 18.2 Å². The highest BCUT2D eigenvalue weighted by Gasteiger charge is 1.99. The van der Waals surface area contributed by atoms with Crippen molar-refractivity contribution in [3.63, 3.8) is 0 Å². The molecule has 0 fully saturated rings. The van der Waals surface area contributed by atoms with Gasteiger partial charge in [0.25, 0.3) is 5.91 Å². The van der Waals surface area contributed by atoms with Crippen LogP contribution in [0, 0.1) is 0 Å². The highest BCUT2D eigenvalue weighted by Crippen LogP contribution is 2.18. The molecule has 110 valence electrons. The molecule has 0 aliphatic heterocycles. The molecule has 0 saturated heterocycles. The van der Waals surface area contributed by atoms with Gasteiger partial charge in [0, 0.05) is 17.1 Å². The van der Waals surface area contributed by atoms with Gasteiger partial charge in [-0.1, -0.05) is 12.1 Å². The number of hydrogen-bond acceptors (Lipinski definition) is 4. The Labute approximate surface area is 128 Å². The molecule has 0 heterocycles. The summed E-state index contributed by atoms with van der Waals surface area (Å²) in [6.45, 7) is 0.657. The van der Waals surface area contributed by atoms with E-state index in [-0.39, 0.29) is 6.61 Å². The Morgan fingerprint density at radius 1 is 1.14 bits per heavy atom. The third-order valence-corrected chi connectivity index (χ3v) is 3.63. The number of amides is 1. The topological polar surface area (TPSA) is 64.3 Å². The fourth-order valence-corrected chi connectivity index (χ4v) is 2.18. The molecule has 0 spiro atoms. The summed E-state index contributed by atoms with van der Waals surface area (Å²) in [5.41, 5.74) is 7.24. The lowest BCUT2D eigenvalue weighted by atomic mass is 10.2. The summed E-state index contributed by atoms with van der Waals surface area (Å²) in [6.07, 6.45) is 2.06. The maximum atomic E-state index is 10.6. The van der Waals surface area contributed by atoms with E-state index in [0.717, 1.165) is 12.2 Å². The summed E-state index contributed by atoms with van der Waals surface area (Å²) < 4.78 is 5.21. The molecule has 5 heteroatoms. The molecular formula is C16H18N2O2S. The number of ether oxygens (including phenoxy) is 1. The van der Waals surface area contributed by atoms with Crippen LogP contribution >= 0.6 is 11.8 Å². The highest BCUT2D eigenvalue weighted by molar-refractivity contribution is 7.98. The molecule has 0 bridgehead atoms. The van der Waals surface area contributed by atoms with E-state index in [9.17, 15) is 4.79 Å². The lowest BCUT2D eigenvalue weighted by Crippen LogP contribution is -2.19. The number of benzene rings is 2. The average molecular weight is 302 g/mol. The Balaban J connectivity index is 1.86. The molecule has 0 aliphatic carbocycles. The molecule has 2 aromatic carbocycles. The predicted octanol–water partition coefficient (Wildman–Crippen LogP) is 2.88. The Bertz CT molecular complexity index is 582. The number of nitrogens with one attached hydrogen (secondary N) is 1. The van der Waals surface area contributed by atoms with Crippen LogP contribution in [0.4, 0.5) is 5.69 Å². The molecule has 0 aliphatic rings. The van der Waals surface area contributed by atoms with Gasteiger partial charge >= 0.3 is 0 Å². The third kappa shape index (κ3) is 5.04. The van der Waals surface area contributed by atoms with Crippen molar-refractivity contribution >= 4 is 23.4 Å². The van der Waals surface area contributed by atoms with E-state index in [0.29, 0.717) is 5.75 Å². The van der Waals surface area contributed by atoms with E-state index in [1.54, 1.807) is 11.8 Å². The zero-order valence-corrected chi connectivity index (χ0v) is 12.7. The van der Waals surface area contributed by atoms with Gasteiger partial charge in [0.05, 0.1) is 0 Å². The van der Waals surface area contributed by atoms with Gasteiger partial charge in [-0.05, 0) is 48.2 Å². The van der Waals surface area contributed by atoms with E-state index in [4.69, 9.17) is 10.5 Å². The fraction of sp³-hybridized carbons (Fsp3) is 0.188. The van der Waals surface area contributed by atoms with Crippen molar-refractivity contribution in [2.45, 2.75) is 11.4 Å². The number of carbonyl (C=O) groups is 1. The zero-order valence-electron chi connectivity index (χ0n) is 11.8. The van der Waals surface area contributed by atoms with Gasteiger partial charge in [0.2, 0.25) is 0 Å². The largest absolute Gasteiger partial charge is 0.484 e. The van der Waals surface area contributed by atoms with Crippen molar-refractivity contribution in [1.29, 1.82) is 0 Å². The quantitative estimate of drug-likeness (QED) is 0.772. The second kappa shape index (κ2) is 7.59. The summed E-state index contributed by atoms with van der Waals surface area (Å²) in [7, 11) is 0. The van der Waals surface area contributed by atoms with Gasteiger partial charge in [-0.2, -0.15) is 0 Å². The minimum atomic E-state index is -0.481. The summed E-state index contributed by atoms with van der Waals surface area (Å²) in [4.78, 5) is 11.9. The third-order valence-electron chi connectivity index (χ3n) is 2.89. The first-order valence-electron chi connectivity index (χ1n) is 6.55. The molecule has 4 nitrogen and oxygen atoms in total. The number of hydrogen-bond donors (Lipinski definition) is 2. The van der Waals surface area contributed by atoms with Gasteiger partial charge in [0.15, 0.2) is 6.61 Å². The normalized spacial score (nSPS) is 10.1. The fourth-order valence-electron chi connectivity index (χ4n) is 1.77. The van der Waals surface area contributed by atoms with Crippen molar-refractivity contribution in [3.05, 3.63) is 54.1 Å². The molecule has 1 amide bonds. The SMILES string of the molecule is CSc1ccc(CNc2ccc(OCC(N)=O)cc2)cc1. The molecule has 3 N–H and O–H groups in total. The number of carbonyl (C=O) groups excluding carboxylic acids is 1. The van der Waals surface area contributed by atoms with Gasteiger partial charge in [-0.3, -0.25) is 4.79 Å². The molecule has 0 aromatic heterocycles. The lowest BCUT2D eigenvalue weighted by Gasteiger charge is -2.08. The Morgan fingerprint density at radius 2 is 1.81 bits per heavy atom. The minimum absolute atomic E-state index is 0.103. The molecule has 0 unspecified atom stereocenters. The maximum absolute atomic E-state index is 10.6. The minimum Gasteiger partial charge on any atom is -0.484 e. The molecule has 21 heavy (non-hydrogen) atoms. The Hall–Kier alpha value is -2.14. The maximum Gasteiger partial charge on any atom is 0.255 e. The van der Waals surface area contributed by atoms with E-state index < -0.39 is 5.91 Å². The number of anilines is 1. The zero-order chi connectivity index (χ0) is 15.1. The molecule has 0 saturated carbocycles. The second-order valence-corrected chi connectivity index (χ2v) is 5.36. The van der Waals surface area contributed by atoms with Crippen molar-refractivity contribution in [1.82, 2.24) is 0 Å². The number of nitrogens with two attached hydrogens (primary N) is 1. The van der Waals surface area contributed by atoms with Gasteiger partial charge < -0.3 is 15.8 Å². The van der Waals surface area contributed by atoms with Crippen LogP contribution in [-0.4, -0.2) is 18.8 Å². The van der Waals surface area contributed by atoms with Gasteiger partial charge in [-0.25, -0.2) is 0 Å². The van der Waals surface area contributed by atoms with Crippen molar-refractivity contribution in [2.24, 2.45) is 5.73 Å². The first-order chi connectivity index (χ1) is 10.2. The van der Waals surface area contributed by atoms with Crippen LogP contribution in [0.5, 0.6) is 5.75 Å². The monoisotopic (exact) mass is 302 g/mol. The molecule has 2 aromatic rings. The summed E-state index contributed by atoms with van der Waals surface area (Å²) in [5, 5.41) is 3.34. The van der Waals surface area contributed by atoms with E-state index in [1.165, 1.54) is 10.5 Å². The molecule has 2 rings (SSSR count). The standard InChI is InChI=1S/C16H18N2O2S/c1-21-15-8-2-12(3-9-15)10-18-13-4-6-14(7-5-13)20-11-16(17)19/h2-9,18H,10-11H2,1H3,(H2,17,19). The van der Waals surface area contributed by atoms with E-state index >= 15 is 0 Å². The van der Waals surface area contributed by atoms with Crippen LogP contribution in [0.1, 0.15) is 5.56 Å². The first kappa shape index (κ1) is 15.3. The smallest absolute Gasteiger partial charge is 0.255 e. The molecule has 0 atom stereocenters. The number of primary amides is 1.